The minimum absolute atomic E-state index is 0.0918. The summed E-state index contributed by atoms with van der Waals surface area (Å²) in [5.74, 6) is -0.637. The molecule has 0 saturated heterocycles. The monoisotopic (exact) mass is 449 g/mol. The van der Waals surface area contributed by atoms with Crippen LogP contribution in [0.4, 0.5) is 0 Å². The van der Waals surface area contributed by atoms with Crippen LogP contribution in [0, 0.1) is 11.3 Å². The summed E-state index contributed by atoms with van der Waals surface area (Å²) in [6.45, 7) is 0. The predicted molar refractivity (Wildman–Crippen MR) is 129 cm³/mol. The highest BCUT2D eigenvalue weighted by Crippen LogP contribution is 2.39. The normalized spacial score (nSPS) is 11.1. The molecule has 1 aromatic heterocycles. The third kappa shape index (κ3) is 3.35. The highest BCUT2D eigenvalue weighted by atomic mass is 16.3. The van der Waals surface area contributed by atoms with E-state index < -0.39 is 5.78 Å². The first kappa shape index (κ1) is 21.2. The van der Waals surface area contributed by atoms with Crippen LogP contribution in [0.3, 0.4) is 0 Å². The number of hydrogen-bond donors (Lipinski definition) is 2. The maximum absolute atomic E-state index is 13.5. The Balaban J connectivity index is 1.83. The molecule has 0 aliphatic heterocycles. The Morgan fingerprint density at radius 3 is 2.50 bits per heavy atom. The molecule has 0 saturated carbocycles. The van der Waals surface area contributed by atoms with Crippen LogP contribution in [0.2, 0.25) is 0 Å². The van der Waals surface area contributed by atoms with Gasteiger partial charge >= 0.3 is 0 Å². The third-order valence-electron chi connectivity index (χ3n) is 6.03. The molecule has 4 aromatic carbocycles. The number of aryl methyl sites for hydroxylation is 1. The molecule has 0 fully saturated rings. The largest absolute Gasteiger partial charge is 0.507 e. The van der Waals surface area contributed by atoms with Gasteiger partial charge in [-0.3, -0.25) is 9.59 Å². The fourth-order valence-electron chi connectivity index (χ4n) is 4.37. The van der Waals surface area contributed by atoms with E-state index in [0.717, 1.165) is 0 Å². The number of rotatable bonds is 5. The smallest absolute Gasteiger partial charge is 0.201 e. The summed E-state index contributed by atoms with van der Waals surface area (Å²) < 4.78 is 6.10. The van der Waals surface area contributed by atoms with Crippen molar-refractivity contribution in [3.63, 3.8) is 0 Å². The van der Waals surface area contributed by atoms with Crippen molar-refractivity contribution in [1.29, 1.82) is 5.26 Å². The topological polar surface area (TPSA) is 112 Å². The Labute approximate surface area is 193 Å². The number of para-hydroxylation sites is 2. The van der Waals surface area contributed by atoms with E-state index in [1.165, 1.54) is 18.2 Å². The number of nitrogens with zero attached hydrogens (tertiary/aromatic N) is 1. The van der Waals surface area contributed by atoms with Gasteiger partial charge in [-0.15, -0.1) is 0 Å². The first-order valence-electron chi connectivity index (χ1n) is 10.8. The second-order valence-corrected chi connectivity index (χ2v) is 8.08. The summed E-state index contributed by atoms with van der Waals surface area (Å²) in [7, 11) is 0. The van der Waals surface area contributed by atoms with Gasteiger partial charge in [-0.1, -0.05) is 36.4 Å². The Morgan fingerprint density at radius 1 is 0.941 bits per heavy atom. The van der Waals surface area contributed by atoms with Crippen LogP contribution in [0.25, 0.3) is 32.7 Å². The molecular formula is C28H19NO5. The zero-order chi connectivity index (χ0) is 23.8. The van der Waals surface area contributed by atoms with E-state index in [1.807, 2.05) is 0 Å². The Morgan fingerprint density at radius 2 is 1.71 bits per heavy atom. The number of carbonyl (C=O) groups excluding carboxylic acids is 1. The van der Waals surface area contributed by atoms with Crippen molar-refractivity contribution in [2.45, 2.75) is 19.3 Å². The molecule has 6 nitrogen and oxygen atoms in total. The van der Waals surface area contributed by atoms with E-state index in [-0.39, 0.29) is 40.1 Å². The van der Waals surface area contributed by atoms with Crippen molar-refractivity contribution in [3.8, 4) is 17.6 Å². The quantitative estimate of drug-likeness (QED) is 0.157. The molecule has 2 N–H and O–H groups in total. The van der Waals surface area contributed by atoms with Crippen molar-refractivity contribution >= 4 is 38.5 Å². The molecule has 0 bridgehead atoms. The number of carbonyl (C=O) groups is 1. The van der Waals surface area contributed by atoms with Crippen molar-refractivity contribution in [3.05, 3.63) is 93.6 Å². The average Bonchev–Trinajstić information content (AvgIpc) is 2.86. The second kappa shape index (κ2) is 8.38. The summed E-state index contributed by atoms with van der Waals surface area (Å²) in [5.41, 5.74) is 1.28. The van der Waals surface area contributed by atoms with Crippen molar-refractivity contribution in [1.82, 2.24) is 0 Å². The van der Waals surface area contributed by atoms with Gasteiger partial charge in [-0.25, -0.2) is 0 Å². The van der Waals surface area contributed by atoms with E-state index in [0.29, 0.717) is 45.5 Å². The Hall–Kier alpha value is -4.63. The molecule has 34 heavy (non-hydrogen) atoms. The number of phenolic OH excluding ortho intramolecular Hbond substituents is 2. The summed E-state index contributed by atoms with van der Waals surface area (Å²) in [5, 5.41) is 31.8. The van der Waals surface area contributed by atoms with Crippen LogP contribution in [0.5, 0.6) is 11.5 Å². The lowest BCUT2D eigenvalue weighted by Crippen LogP contribution is -2.06. The van der Waals surface area contributed by atoms with E-state index in [2.05, 4.69) is 6.07 Å². The van der Waals surface area contributed by atoms with Crippen LogP contribution < -0.4 is 5.43 Å². The Kier molecular flexibility index (Phi) is 5.23. The van der Waals surface area contributed by atoms with E-state index in [9.17, 15) is 19.8 Å². The summed E-state index contributed by atoms with van der Waals surface area (Å²) >= 11 is 0. The third-order valence-corrected chi connectivity index (χ3v) is 6.03. The van der Waals surface area contributed by atoms with Crippen molar-refractivity contribution in [2.75, 3.05) is 0 Å². The lowest BCUT2D eigenvalue weighted by atomic mass is 9.93. The number of hydrogen-bond acceptors (Lipinski definition) is 6. The molecule has 1 heterocycles. The molecule has 0 atom stereocenters. The predicted octanol–water partition coefficient (Wildman–Crippen LogP) is 5.59. The molecule has 166 valence electrons. The molecule has 0 unspecified atom stereocenters. The number of unbranched alkanes of at least 4 members (excludes halogenated alkanes) is 1. The molecule has 5 rings (SSSR count). The van der Waals surface area contributed by atoms with E-state index in [4.69, 9.17) is 9.68 Å². The fourth-order valence-corrected chi connectivity index (χ4v) is 4.37. The summed E-state index contributed by atoms with van der Waals surface area (Å²) in [6.07, 6.45) is 1.07. The highest BCUT2D eigenvalue weighted by Gasteiger charge is 2.22. The number of aromatic hydroxyl groups is 2. The van der Waals surface area contributed by atoms with Gasteiger partial charge < -0.3 is 14.6 Å². The standard InChI is InChI=1S/C28H19NO5/c29-14-6-5-9-20-26(32)21-15-16(25(31)18-7-1-3-10-22(18)30)12-13-17(21)24-27(33)19-8-2-4-11-23(19)34-28(20)24/h1-4,7-8,10-13,15,30,32H,5-6,9H2. The van der Waals surface area contributed by atoms with E-state index in [1.54, 1.807) is 48.5 Å². The van der Waals surface area contributed by atoms with Gasteiger partial charge in [-0.2, -0.15) is 5.26 Å². The molecule has 6 heteroatoms. The minimum Gasteiger partial charge on any atom is -0.507 e. The van der Waals surface area contributed by atoms with Gasteiger partial charge in [0.1, 0.15) is 22.7 Å². The molecular weight excluding hydrogens is 430 g/mol. The van der Waals surface area contributed by atoms with Gasteiger partial charge in [-0.05, 0) is 43.2 Å². The fraction of sp³-hybridized carbons (Fsp3) is 0.107. The molecule has 0 spiro atoms. The van der Waals surface area contributed by atoms with Crippen LogP contribution in [-0.4, -0.2) is 16.0 Å². The van der Waals surface area contributed by atoms with Gasteiger partial charge in [0, 0.05) is 28.3 Å². The number of nitriles is 1. The van der Waals surface area contributed by atoms with Gasteiger partial charge in [0.15, 0.2) is 5.78 Å². The van der Waals surface area contributed by atoms with Crippen LogP contribution in [0.1, 0.15) is 34.3 Å². The van der Waals surface area contributed by atoms with E-state index >= 15 is 0 Å². The van der Waals surface area contributed by atoms with Gasteiger partial charge in [0.25, 0.3) is 0 Å². The molecule has 0 amide bonds. The summed E-state index contributed by atoms with van der Waals surface area (Å²) in [4.78, 5) is 26.6. The van der Waals surface area contributed by atoms with Gasteiger partial charge in [0.2, 0.25) is 5.43 Å². The zero-order valence-corrected chi connectivity index (χ0v) is 18.0. The Bertz CT molecular complexity index is 1710. The van der Waals surface area contributed by atoms with Crippen LogP contribution in [-0.2, 0) is 6.42 Å². The molecule has 0 aliphatic carbocycles. The molecule has 5 aromatic rings. The zero-order valence-electron chi connectivity index (χ0n) is 18.0. The minimum atomic E-state index is -0.406. The van der Waals surface area contributed by atoms with Crippen molar-refractivity contribution in [2.24, 2.45) is 0 Å². The molecule has 0 radical (unpaired) electrons. The first-order valence-corrected chi connectivity index (χ1v) is 10.8. The highest BCUT2D eigenvalue weighted by molar-refractivity contribution is 6.16. The lowest BCUT2D eigenvalue weighted by molar-refractivity contribution is 0.103. The van der Waals surface area contributed by atoms with Crippen molar-refractivity contribution < 1.29 is 19.4 Å². The summed E-state index contributed by atoms with van der Waals surface area (Å²) in [6, 6.07) is 20.0. The molecule has 0 aliphatic rings. The van der Waals surface area contributed by atoms with Crippen LogP contribution in [0.15, 0.2) is 75.9 Å². The average molecular weight is 449 g/mol. The SMILES string of the molecule is N#CCCCc1c(O)c2cc(C(=O)c3ccccc3O)ccc2c2c(=O)c3ccccc3oc12. The maximum Gasteiger partial charge on any atom is 0.201 e. The van der Waals surface area contributed by atoms with Crippen LogP contribution >= 0.6 is 0 Å². The number of ketones is 1. The first-order chi connectivity index (χ1) is 16.5. The lowest BCUT2D eigenvalue weighted by Gasteiger charge is -2.14. The maximum atomic E-state index is 13.5. The number of benzene rings is 4. The number of phenols is 2. The number of fused-ring (bicyclic) bond motifs is 4. The van der Waals surface area contributed by atoms with Gasteiger partial charge in [0.05, 0.1) is 22.4 Å². The second-order valence-electron chi connectivity index (χ2n) is 8.08.